The van der Waals surface area contributed by atoms with Gasteiger partial charge in [0, 0.05) is 12.0 Å². The van der Waals surface area contributed by atoms with Gasteiger partial charge in [0.25, 0.3) is 0 Å². The smallest absolute Gasteiger partial charge is 0.320 e. The predicted octanol–water partition coefficient (Wildman–Crippen LogP) is -0.0873. The number of sulfonamides is 1. The summed E-state index contributed by atoms with van der Waals surface area (Å²) < 4.78 is 45.5. The monoisotopic (exact) mass is 382 g/mol. The predicted molar refractivity (Wildman–Crippen MR) is 87.4 cm³/mol. The number of sulfone groups is 1. The fraction of sp³-hybridized carbons (Fsp3) is 0.583. The Labute approximate surface area is 139 Å². The third-order valence-corrected chi connectivity index (χ3v) is 9.84. The van der Waals surface area contributed by atoms with E-state index < -0.39 is 40.7 Å². The molecule has 0 bridgehead atoms. The second-order valence-electron chi connectivity index (χ2n) is 5.95. The van der Waals surface area contributed by atoms with E-state index in [1.807, 2.05) is 0 Å². The molecule has 3 unspecified atom stereocenters. The number of carboxylic acid groups (broad SMARTS) is 1. The fourth-order valence-electron chi connectivity index (χ4n) is 2.82. The highest BCUT2D eigenvalue weighted by Crippen LogP contribution is 2.58. The van der Waals surface area contributed by atoms with E-state index in [0.29, 0.717) is 11.8 Å². The van der Waals surface area contributed by atoms with Crippen LogP contribution in [0.15, 0.2) is 20.1 Å². The van der Waals surface area contributed by atoms with Gasteiger partial charge in [-0.1, -0.05) is 11.8 Å². The van der Waals surface area contributed by atoms with Gasteiger partial charge in [-0.3, -0.25) is 4.79 Å². The normalized spacial score (nSPS) is 31.2. The van der Waals surface area contributed by atoms with Gasteiger partial charge in [0.2, 0.25) is 19.9 Å². The van der Waals surface area contributed by atoms with Crippen LogP contribution < -0.4 is 5.14 Å². The first-order valence-electron chi connectivity index (χ1n) is 6.57. The topological polar surface area (TPSA) is 135 Å². The van der Waals surface area contributed by atoms with E-state index in [1.54, 1.807) is 25.9 Å². The number of thioether (sulfide) groups is 1. The van der Waals surface area contributed by atoms with Gasteiger partial charge in [-0.25, -0.2) is 22.0 Å². The molecule has 8 nitrogen and oxygen atoms in total. The zero-order valence-electron chi connectivity index (χ0n) is 13.0. The number of primary sulfonamides is 1. The zero-order chi connectivity index (χ0) is 18.0. The van der Waals surface area contributed by atoms with Gasteiger partial charge in [-0.15, -0.1) is 0 Å². The number of nitrogens with zero attached hydrogens (tertiary/aromatic N) is 1. The number of nitrogens with two attached hydrogens (primary N) is 1. The minimum absolute atomic E-state index is 0.199. The molecule has 0 aromatic rings. The molecule has 2 aliphatic heterocycles. The molecule has 0 amide bonds. The molecular weight excluding hydrogens is 364 g/mol. The first kappa shape index (κ1) is 18.5. The highest BCUT2D eigenvalue weighted by atomic mass is 32.3. The summed E-state index contributed by atoms with van der Waals surface area (Å²) in [5, 5.41) is 14.6. The Balaban J connectivity index is 2.71. The second kappa shape index (κ2) is 5.31. The van der Waals surface area contributed by atoms with Crippen LogP contribution in [0, 0.1) is 5.92 Å². The van der Waals surface area contributed by atoms with Crippen LogP contribution in [-0.2, 0) is 24.7 Å². The third kappa shape index (κ3) is 2.64. The summed E-state index contributed by atoms with van der Waals surface area (Å²) in [6.45, 7) is 3.21. The maximum atomic E-state index is 12.5. The molecule has 0 aromatic carbocycles. The maximum Gasteiger partial charge on any atom is 0.320 e. The third-order valence-electron chi connectivity index (χ3n) is 4.25. The Morgan fingerprint density at radius 1 is 1.48 bits per heavy atom. The standard InChI is InChI=1S/C12H18N2O6S3/c1-6(14(3)4)9-7-5-8(23(13,19)20)22(17,18)10(7)21-12(9,2)11(15)16/h5-6,9H,1-4H3,(H,15,16)(H2,13,19,20). The molecule has 2 heterocycles. The van der Waals surface area contributed by atoms with E-state index in [1.165, 1.54) is 6.92 Å². The molecule has 0 spiro atoms. The van der Waals surface area contributed by atoms with Crippen LogP contribution in [0.3, 0.4) is 0 Å². The number of aliphatic carboxylic acids is 1. The van der Waals surface area contributed by atoms with Crippen molar-refractivity contribution in [1.29, 1.82) is 0 Å². The van der Waals surface area contributed by atoms with Gasteiger partial charge < -0.3 is 10.0 Å². The van der Waals surface area contributed by atoms with Gasteiger partial charge in [-0.05, 0) is 39.6 Å². The van der Waals surface area contributed by atoms with Crippen molar-refractivity contribution in [2.24, 2.45) is 11.1 Å². The molecule has 0 saturated carbocycles. The number of hydrogen-bond donors (Lipinski definition) is 2. The fourth-order valence-corrected chi connectivity index (χ4v) is 8.16. The lowest BCUT2D eigenvalue weighted by Gasteiger charge is -2.35. The SMILES string of the molecule is CC(C1C2=C(SC1(C)C(=O)O)S(=O)(=O)C(S(N)(=O)=O)=C2)N(C)C. The van der Waals surface area contributed by atoms with Crippen molar-refractivity contribution in [2.75, 3.05) is 14.1 Å². The molecule has 0 radical (unpaired) electrons. The lowest BCUT2D eigenvalue weighted by atomic mass is 9.81. The summed E-state index contributed by atoms with van der Waals surface area (Å²) >= 11 is 0.666. The van der Waals surface area contributed by atoms with Crippen molar-refractivity contribution in [1.82, 2.24) is 4.90 Å². The second-order valence-corrected chi connectivity index (χ2v) is 11.3. The minimum atomic E-state index is -4.42. The molecule has 3 atom stereocenters. The molecule has 2 rings (SSSR count). The highest BCUT2D eigenvalue weighted by Gasteiger charge is 2.58. The number of rotatable bonds is 4. The van der Waals surface area contributed by atoms with Gasteiger partial charge in [0.1, 0.15) is 8.98 Å². The molecule has 0 fully saturated rings. The van der Waals surface area contributed by atoms with Crippen LogP contribution in [0.25, 0.3) is 0 Å². The Hall–Kier alpha value is -0.880. The Morgan fingerprint density at radius 3 is 2.39 bits per heavy atom. The Morgan fingerprint density at radius 2 is 2.00 bits per heavy atom. The average Bonchev–Trinajstić information content (AvgIpc) is 2.80. The summed E-state index contributed by atoms with van der Waals surface area (Å²) in [6.07, 6.45) is 1.01. The van der Waals surface area contributed by atoms with Crippen LogP contribution >= 0.6 is 11.8 Å². The lowest BCUT2D eigenvalue weighted by Crippen LogP contribution is -2.47. The molecule has 0 saturated heterocycles. The van der Waals surface area contributed by atoms with E-state index in [4.69, 9.17) is 5.14 Å². The van der Waals surface area contributed by atoms with Crippen molar-refractivity contribution < 1.29 is 26.7 Å². The van der Waals surface area contributed by atoms with Crippen LogP contribution in [0.2, 0.25) is 0 Å². The Bertz CT molecular complexity index is 840. The molecule has 11 heteroatoms. The molecule has 2 aliphatic rings. The van der Waals surface area contributed by atoms with Crippen LogP contribution in [-0.4, -0.2) is 57.7 Å². The van der Waals surface area contributed by atoms with Gasteiger partial charge >= 0.3 is 5.97 Å². The average molecular weight is 382 g/mol. The summed E-state index contributed by atoms with van der Waals surface area (Å²) in [4.78, 5) is 13.5. The van der Waals surface area contributed by atoms with E-state index in [9.17, 15) is 26.7 Å². The summed E-state index contributed by atoms with van der Waals surface area (Å²) in [7, 11) is -5.25. The van der Waals surface area contributed by atoms with Crippen LogP contribution in [0.5, 0.6) is 0 Å². The van der Waals surface area contributed by atoms with E-state index >= 15 is 0 Å². The van der Waals surface area contributed by atoms with Crippen molar-refractivity contribution >= 4 is 37.6 Å². The van der Waals surface area contributed by atoms with Crippen molar-refractivity contribution in [3.8, 4) is 0 Å². The number of carboxylic acids is 1. The quantitative estimate of drug-likeness (QED) is 0.689. The number of carbonyl (C=O) groups is 1. The first-order valence-corrected chi connectivity index (χ1v) is 10.4. The number of allylic oxidation sites excluding steroid dienone is 1. The van der Waals surface area contributed by atoms with Gasteiger partial charge in [0.05, 0.1) is 0 Å². The minimum Gasteiger partial charge on any atom is -0.480 e. The molecule has 3 N–H and O–H groups in total. The van der Waals surface area contributed by atoms with E-state index in [0.717, 1.165) is 6.08 Å². The van der Waals surface area contributed by atoms with E-state index in [2.05, 4.69) is 0 Å². The van der Waals surface area contributed by atoms with Crippen molar-refractivity contribution in [2.45, 2.75) is 24.6 Å². The summed E-state index contributed by atoms with van der Waals surface area (Å²) in [5.74, 6) is -1.86. The lowest BCUT2D eigenvalue weighted by molar-refractivity contribution is -0.140. The number of hydrogen-bond acceptors (Lipinski definition) is 7. The Kier molecular flexibility index (Phi) is 4.26. The molecule has 130 valence electrons. The molecule has 0 aromatic heterocycles. The van der Waals surface area contributed by atoms with Gasteiger partial charge in [0.15, 0.2) is 4.24 Å². The summed E-state index contributed by atoms with van der Waals surface area (Å²) in [6, 6.07) is -0.331. The maximum absolute atomic E-state index is 12.5. The largest absolute Gasteiger partial charge is 0.480 e. The van der Waals surface area contributed by atoms with Crippen LogP contribution in [0.4, 0.5) is 0 Å². The van der Waals surface area contributed by atoms with Gasteiger partial charge in [-0.2, -0.15) is 0 Å². The molecular formula is C12H18N2O6S3. The molecule has 0 aliphatic carbocycles. The van der Waals surface area contributed by atoms with Crippen molar-refractivity contribution in [3.05, 3.63) is 20.1 Å². The first-order chi connectivity index (χ1) is 10.2. The zero-order valence-corrected chi connectivity index (χ0v) is 15.4. The molecule has 23 heavy (non-hydrogen) atoms. The van der Waals surface area contributed by atoms with Crippen LogP contribution in [0.1, 0.15) is 13.8 Å². The van der Waals surface area contributed by atoms with Crippen molar-refractivity contribution in [3.63, 3.8) is 0 Å². The summed E-state index contributed by atoms with van der Waals surface area (Å²) in [5.41, 5.74) is 0.199. The highest BCUT2D eigenvalue weighted by molar-refractivity contribution is 8.26. The van der Waals surface area contributed by atoms with E-state index in [-0.39, 0.29) is 15.9 Å².